The van der Waals surface area contributed by atoms with Crippen LogP contribution in [0, 0.1) is 17.8 Å². The molecule has 106 valence electrons. The van der Waals surface area contributed by atoms with Crippen molar-refractivity contribution < 1.29 is 14.3 Å². The third kappa shape index (κ3) is 2.26. The Bertz CT molecular complexity index is 382. The van der Waals surface area contributed by atoms with Crippen LogP contribution in [0.15, 0.2) is 0 Å². The van der Waals surface area contributed by atoms with Gasteiger partial charge in [0.05, 0.1) is 7.11 Å². The summed E-state index contributed by atoms with van der Waals surface area (Å²) in [5.41, 5.74) is 0. The molecule has 3 rings (SSSR count). The first kappa shape index (κ1) is 12.9. The number of esters is 1. The SMILES string of the molecule is COC(=O)C1CCCCN1C(=O)C1CC2CCC1C2. The van der Waals surface area contributed by atoms with Crippen molar-refractivity contribution in [1.29, 1.82) is 0 Å². The molecule has 3 fully saturated rings. The van der Waals surface area contributed by atoms with Gasteiger partial charge in [0.25, 0.3) is 0 Å². The standard InChI is InChI=1S/C15H23NO3/c1-19-15(18)13-4-2-3-7-16(13)14(17)12-9-10-5-6-11(12)8-10/h10-13H,2-9H2,1H3. The Morgan fingerprint density at radius 1 is 1.11 bits per heavy atom. The number of fused-ring (bicyclic) bond motifs is 2. The van der Waals surface area contributed by atoms with Gasteiger partial charge in [0.2, 0.25) is 5.91 Å². The lowest BCUT2D eigenvalue weighted by molar-refractivity contribution is -0.157. The van der Waals surface area contributed by atoms with E-state index in [-0.39, 0.29) is 23.8 Å². The van der Waals surface area contributed by atoms with Gasteiger partial charge in [-0.1, -0.05) is 6.42 Å². The average Bonchev–Trinajstić information content (AvgIpc) is 3.08. The molecule has 19 heavy (non-hydrogen) atoms. The van der Waals surface area contributed by atoms with Crippen LogP contribution in [0.2, 0.25) is 0 Å². The zero-order valence-electron chi connectivity index (χ0n) is 11.6. The van der Waals surface area contributed by atoms with Gasteiger partial charge in [-0.15, -0.1) is 0 Å². The second-order valence-corrected chi connectivity index (χ2v) is 6.35. The Kier molecular flexibility index (Phi) is 3.50. The van der Waals surface area contributed by atoms with Crippen LogP contribution < -0.4 is 0 Å². The molecule has 0 aromatic heterocycles. The molecule has 1 aliphatic heterocycles. The number of piperidine rings is 1. The molecule has 2 saturated carbocycles. The molecule has 2 aliphatic carbocycles. The van der Waals surface area contributed by atoms with Crippen LogP contribution in [0.4, 0.5) is 0 Å². The van der Waals surface area contributed by atoms with Gasteiger partial charge < -0.3 is 9.64 Å². The zero-order valence-corrected chi connectivity index (χ0v) is 11.6. The summed E-state index contributed by atoms with van der Waals surface area (Å²) in [6.45, 7) is 0.729. The summed E-state index contributed by atoms with van der Waals surface area (Å²) in [6, 6.07) is -0.328. The first-order chi connectivity index (χ1) is 9.20. The molecular formula is C15H23NO3. The molecular weight excluding hydrogens is 242 g/mol. The summed E-state index contributed by atoms with van der Waals surface area (Å²) in [7, 11) is 1.41. The van der Waals surface area contributed by atoms with E-state index in [0.29, 0.717) is 5.92 Å². The first-order valence-electron chi connectivity index (χ1n) is 7.59. The van der Waals surface area contributed by atoms with E-state index >= 15 is 0 Å². The number of amides is 1. The Morgan fingerprint density at radius 2 is 1.95 bits per heavy atom. The second-order valence-electron chi connectivity index (χ2n) is 6.35. The van der Waals surface area contributed by atoms with Crippen molar-refractivity contribution in [3.05, 3.63) is 0 Å². The molecule has 4 heteroatoms. The summed E-state index contributed by atoms with van der Waals surface area (Å²) >= 11 is 0. The molecule has 0 aromatic rings. The minimum absolute atomic E-state index is 0.184. The van der Waals surface area contributed by atoms with Gasteiger partial charge in [0, 0.05) is 12.5 Å². The van der Waals surface area contributed by atoms with Gasteiger partial charge in [-0.2, -0.15) is 0 Å². The van der Waals surface area contributed by atoms with Gasteiger partial charge >= 0.3 is 5.97 Å². The molecule has 1 saturated heterocycles. The van der Waals surface area contributed by atoms with E-state index in [1.54, 1.807) is 0 Å². The van der Waals surface area contributed by atoms with Gasteiger partial charge in [0.1, 0.15) is 6.04 Å². The van der Waals surface area contributed by atoms with Crippen LogP contribution >= 0.6 is 0 Å². The Morgan fingerprint density at radius 3 is 2.58 bits per heavy atom. The van der Waals surface area contributed by atoms with E-state index in [2.05, 4.69) is 0 Å². The maximum Gasteiger partial charge on any atom is 0.328 e. The summed E-state index contributed by atoms with van der Waals surface area (Å²) in [6.07, 6.45) is 7.58. The fourth-order valence-electron chi connectivity index (χ4n) is 4.34. The maximum atomic E-state index is 12.7. The molecule has 3 aliphatic rings. The third-order valence-electron chi connectivity index (χ3n) is 5.31. The Balaban J connectivity index is 1.72. The van der Waals surface area contributed by atoms with E-state index in [9.17, 15) is 9.59 Å². The average molecular weight is 265 g/mol. The lowest BCUT2D eigenvalue weighted by Crippen LogP contribution is -2.51. The number of ether oxygens (including phenoxy) is 1. The quantitative estimate of drug-likeness (QED) is 0.717. The highest BCUT2D eigenvalue weighted by Gasteiger charge is 2.46. The molecule has 0 spiro atoms. The number of hydrogen-bond acceptors (Lipinski definition) is 3. The van der Waals surface area contributed by atoms with E-state index in [0.717, 1.165) is 38.1 Å². The number of nitrogens with zero attached hydrogens (tertiary/aromatic N) is 1. The lowest BCUT2D eigenvalue weighted by atomic mass is 9.86. The fourth-order valence-corrected chi connectivity index (χ4v) is 4.34. The largest absolute Gasteiger partial charge is 0.467 e. The minimum atomic E-state index is -0.328. The summed E-state index contributed by atoms with van der Waals surface area (Å²) in [4.78, 5) is 26.4. The summed E-state index contributed by atoms with van der Waals surface area (Å²) in [5.74, 6) is 1.51. The number of methoxy groups -OCH3 is 1. The van der Waals surface area contributed by atoms with Crippen molar-refractivity contribution in [2.75, 3.05) is 13.7 Å². The molecule has 4 nitrogen and oxygen atoms in total. The summed E-state index contributed by atoms with van der Waals surface area (Å²) < 4.78 is 4.86. The first-order valence-corrected chi connectivity index (χ1v) is 7.59. The van der Waals surface area contributed by atoms with Crippen molar-refractivity contribution in [1.82, 2.24) is 4.90 Å². The number of carbonyl (C=O) groups excluding carboxylic acids is 2. The monoisotopic (exact) mass is 265 g/mol. The van der Waals surface area contributed by atoms with E-state index in [1.165, 1.54) is 26.4 Å². The highest BCUT2D eigenvalue weighted by Crippen LogP contribution is 2.49. The highest BCUT2D eigenvalue weighted by atomic mass is 16.5. The molecule has 0 N–H and O–H groups in total. The van der Waals surface area contributed by atoms with E-state index < -0.39 is 0 Å². The molecule has 1 amide bonds. The second kappa shape index (κ2) is 5.14. The summed E-state index contributed by atoms with van der Waals surface area (Å²) in [5, 5.41) is 0. The molecule has 4 unspecified atom stereocenters. The van der Waals surface area contributed by atoms with Crippen molar-refractivity contribution in [3.63, 3.8) is 0 Å². The number of hydrogen-bond donors (Lipinski definition) is 0. The fraction of sp³-hybridized carbons (Fsp3) is 0.867. The molecule has 0 aromatic carbocycles. The topological polar surface area (TPSA) is 46.6 Å². The van der Waals surface area contributed by atoms with Gasteiger partial charge in [-0.25, -0.2) is 4.79 Å². The van der Waals surface area contributed by atoms with Crippen LogP contribution in [0.25, 0.3) is 0 Å². The van der Waals surface area contributed by atoms with Crippen molar-refractivity contribution >= 4 is 11.9 Å². The van der Waals surface area contributed by atoms with Crippen LogP contribution in [0.3, 0.4) is 0 Å². The molecule has 1 heterocycles. The molecule has 4 atom stereocenters. The number of carbonyl (C=O) groups is 2. The van der Waals surface area contributed by atoms with Crippen molar-refractivity contribution in [2.45, 2.75) is 51.0 Å². The van der Waals surface area contributed by atoms with Gasteiger partial charge in [-0.05, 0) is 50.4 Å². The maximum absolute atomic E-state index is 12.7. The van der Waals surface area contributed by atoms with Gasteiger partial charge in [0.15, 0.2) is 0 Å². The highest BCUT2D eigenvalue weighted by molar-refractivity contribution is 5.86. The van der Waals surface area contributed by atoms with E-state index in [1.807, 2.05) is 4.90 Å². The normalized spacial score (nSPS) is 37.4. The van der Waals surface area contributed by atoms with E-state index in [4.69, 9.17) is 4.74 Å². The number of rotatable bonds is 2. The van der Waals surface area contributed by atoms with Crippen LogP contribution in [-0.4, -0.2) is 36.5 Å². The van der Waals surface area contributed by atoms with Crippen LogP contribution in [-0.2, 0) is 14.3 Å². The zero-order chi connectivity index (χ0) is 13.4. The third-order valence-corrected chi connectivity index (χ3v) is 5.31. The smallest absolute Gasteiger partial charge is 0.328 e. The minimum Gasteiger partial charge on any atom is -0.467 e. The predicted molar refractivity (Wildman–Crippen MR) is 70.3 cm³/mol. The Hall–Kier alpha value is -1.06. The van der Waals surface area contributed by atoms with Crippen molar-refractivity contribution in [3.8, 4) is 0 Å². The van der Waals surface area contributed by atoms with Crippen molar-refractivity contribution in [2.24, 2.45) is 17.8 Å². The Labute approximate surface area is 114 Å². The van der Waals surface area contributed by atoms with Crippen LogP contribution in [0.5, 0.6) is 0 Å². The number of likely N-dealkylation sites (tertiary alicyclic amines) is 1. The lowest BCUT2D eigenvalue weighted by Gasteiger charge is -2.37. The predicted octanol–water partition coefficient (Wildman–Crippen LogP) is 1.98. The van der Waals surface area contributed by atoms with Gasteiger partial charge in [-0.3, -0.25) is 4.79 Å². The molecule has 0 radical (unpaired) electrons. The molecule has 2 bridgehead atoms. The van der Waals surface area contributed by atoms with Crippen LogP contribution in [0.1, 0.15) is 44.9 Å².